The molecular weight excluding hydrogens is 411 g/mol. The molecule has 0 aromatic carbocycles. The predicted molar refractivity (Wildman–Crippen MR) is 83.5 cm³/mol. The van der Waals surface area contributed by atoms with Crippen LogP contribution in [-0.2, 0) is 9.47 Å². The van der Waals surface area contributed by atoms with Crippen molar-refractivity contribution in [2.75, 3.05) is 6.61 Å². The average molecular weight is 427 g/mol. The maximum Gasteiger partial charge on any atom is 0.266 e. The van der Waals surface area contributed by atoms with Crippen molar-refractivity contribution in [3.05, 3.63) is 0 Å². The third-order valence-corrected chi connectivity index (χ3v) is 5.15. The lowest BCUT2D eigenvalue weighted by atomic mass is 10.2. The Labute approximate surface area is 136 Å². The van der Waals surface area contributed by atoms with E-state index in [9.17, 15) is 0 Å². The number of alkyl halides is 4. The van der Waals surface area contributed by atoms with E-state index in [1.807, 2.05) is 0 Å². The molecule has 4 atom stereocenters. The van der Waals surface area contributed by atoms with Gasteiger partial charge >= 0.3 is 0 Å². The number of nitrogens with zero attached hydrogens (tertiary/aromatic N) is 1. The second-order valence-corrected chi connectivity index (χ2v) is 8.24. The highest BCUT2D eigenvalue weighted by atomic mass is 127. The van der Waals surface area contributed by atoms with Crippen molar-refractivity contribution in [1.82, 2.24) is 0 Å². The van der Waals surface area contributed by atoms with Crippen LogP contribution >= 0.6 is 57.4 Å². The summed E-state index contributed by atoms with van der Waals surface area (Å²) in [5.41, 5.74) is 0. The van der Waals surface area contributed by atoms with Gasteiger partial charge in [-0.2, -0.15) is 0 Å². The van der Waals surface area contributed by atoms with Crippen LogP contribution in [0.4, 0.5) is 0 Å². The van der Waals surface area contributed by atoms with Gasteiger partial charge in [0.1, 0.15) is 12.1 Å². The standard InChI is InChI=1S/C11H15Cl3INO2/c1-2-3-4-17-6-5-7-9(8(6)15)16-10(18-7)11(12,13)14/h6-9H,2-5H2,1H3/t6-,7+,8+,9+/m0/s1. The van der Waals surface area contributed by atoms with Crippen LogP contribution in [0, 0.1) is 0 Å². The van der Waals surface area contributed by atoms with E-state index in [2.05, 4.69) is 34.5 Å². The van der Waals surface area contributed by atoms with Crippen molar-refractivity contribution in [2.24, 2.45) is 4.99 Å². The third kappa shape index (κ3) is 3.37. The summed E-state index contributed by atoms with van der Waals surface area (Å²) in [5.74, 6) is 0.219. The van der Waals surface area contributed by atoms with Crippen LogP contribution in [0.3, 0.4) is 0 Å². The number of rotatable bonds is 4. The van der Waals surface area contributed by atoms with Gasteiger partial charge in [0.25, 0.3) is 3.79 Å². The minimum Gasteiger partial charge on any atom is -0.472 e. The molecule has 1 aliphatic carbocycles. The fourth-order valence-corrected chi connectivity index (χ4v) is 3.59. The molecule has 0 amide bonds. The zero-order valence-corrected chi connectivity index (χ0v) is 14.3. The fraction of sp³-hybridized carbons (Fsp3) is 0.909. The summed E-state index contributed by atoms with van der Waals surface area (Å²) in [6.07, 6.45) is 3.21. The fourth-order valence-electron chi connectivity index (χ4n) is 2.18. The molecule has 2 aliphatic rings. The van der Waals surface area contributed by atoms with Gasteiger partial charge in [-0.25, -0.2) is 4.99 Å². The van der Waals surface area contributed by atoms with Gasteiger partial charge < -0.3 is 9.47 Å². The van der Waals surface area contributed by atoms with Gasteiger partial charge in [0.15, 0.2) is 0 Å². The van der Waals surface area contributed by atoms with Crippen LogP contribution < -0.4 is 0 Å². The maximum absolute atomic E-state index is 5.86. The predicted octanol–water partition coefficient (Wildman–Crippen LogP) is 3.92. The first kappa shape index (κ1) is 15.4. The van der Waals surface area contributed by atoms with Crippen molar-refractivity contribution in [1.29, 1.82) is 0 Å². The lowest BCUT2D eigenvalue weighted by molar-refractivity contribution is 0.0512. The molecule has 1 fully saturated rings. The van der Waals surface area contributed by atoms with Gasteiger partial charge in [0.05, 0.1) is 10.0 Å². The Bertz CT molecular complexity index is 335. The Hall–Kier alpha value is 1.03. The third-order valence-electron chi connectivity index (χ3n) is 3.13. The Balaban J connectivity index is 1.94. The molecule has 104 valence electrons. The molecule has 0 unspecified atom stereocenters. The average Bonchev–Trinajstić information content (AvgIpc) is 2.80. The minimum absolute atomic E-state index is 0.0100. The number of aliphatic imine (C=N–C) groups is 1. The topological polar surface area (TPSA) is 30.8 Å². The van der Waals surface area contributed by atoms with Crippen molar-refractivity contribution in [3.63, 3.8) is 0 Å². The van der Waals surface area contributed by atoms with E-state index in [0.717, 1.165) is 25.9 Å². The summed E-state index contributed by atoms with van der Waals surface area (Å²) in [6.45, 7) is 2.94. The zero-order valence-electron chi connectivity index (χ0n) is 9.91. The minimum atomic E-state index is -1.56. The largest absolute Gasteiger partial charge is 0.472 e. The monoisotopic (exact) mass is 425 g/mol. The Kier molecular flexibility index (Phi) is 5.32. The highest BCUT2D eigenvalue weighted by molar-refractivity contribution is 14.1. The van der Waals surface area contributed by atoms with Crippen LogP contribution in [0.15, 0.2) is 4.99 Å². The first-order valence-electron chi connectivity index (χ1n) is 6.00. The molecule has 1 heterocycles. The summed E-state index contributed by atoms with van der Waals surface area (Å²) in [4.78, 5) is 4.39. The summed E-state index contributed by atoms with van der Waals surface area (Å²) >= 11 is 19.7. The highest BCUT2D eigenvalue weighted by Crippen LogP contribution is 2.41. The molecule has 1 saturated carbocycles. The molecule has 18 heavy (non-hydrogen) atoms. The molecule has 0 spiro atoms. The first-order chi connectivity index (χ1) is 8.43. The zero-order chi connectivity index (χ0) is 13.3. The highest BCUT2D eigenvalue weighted by Gasteiger charge is 2.51. The van der Waals surface area contributed by atoms with Gasteiger partial charge in [0, 0.05) is 13.0 Å². The number of hydrogen-bond acceptors (Lipinski definition) is 3. The number of hydrogen-bond donors (Lipinski definition) is 0. The number of fused-ring (bicyclic) bond motifs is 1. The Morgan fingerprint density at radius 2 is 2.22 bits per heavy atom. The summed E-state index contributed by atoms with van der Waals surface area (Å²) < 4.78 is 10.2. The summed E-state index contributed by atoms with van der Waals surface area (Å²) in [5, 5.41) is 0. The van der Waals surface area contributed by atoms with Gasteiger partial charge in [-0.1, -0.05) is 70.7 Å². The Morgan fingerprint density at radius 1 is 1.50 bits per heavy atom. The van der Waals surface area contributed by atoms with Crippen LogP contribution in [0.1, 0.15) is 26.2 Å². The quantitative estimate of drug-likeness (QED) is 0.388. The van der Waals surface area contributed by atoms with E-state index < -0.39 is 3.79 Å². The number of halogens is 4. The lowest BCUT2D eigenvalue weighted by Gasteiger charge is -2.17. The summed E-state index contributed by atoms with van der Waals surface area (Å²) in [6, 6.07) is 0.0443. The smallest absolute Gasteiger partial charge is 0.266 e. The second-order valence-electron chi connectivity index (χ2n) is 4.52. The number of ether oxygens (including phenoxy) is 2. The molecule has 2 rings (SSSR count). The van der Waals surface area contributed by atoms with E-state index in [1.54, 1.807) is 0 Å². The molecule has 3 nitrogen and oxygen atoms in total. The molecule has 0 radical (unpaired) electrons. The lowest BCUT2D eigenvalue weighted by Crippen LogP contribution is -2.26. The first-order valence-corrected chi connectivity index (χ1v) is 8.38. The SMILES string of the molecule is CCCCO[C@H]1C[C@H]2OC(C(Cl)(Cl)Cl)=N[C@H]2[C@@H]1I. The van der Waals surface area contributed by atoms with Crippen LogP contribution in [0.5, 0.6) is 0 Å². The Morgan fingerprint density at radius 3 is 2.78 bits per heavy atom. The molecule has 0 saturated heterocycles. The summed E-state index contributed by atoms with van der Waals surface area (Å²) in [7, 11) is 0. The number of unbranched alkanes of at least 4 members (excludes halogenated alkanes) is 1. The van der Waals surface area contributed by atoms with Crippen LogP contribution in [-0.4, -0.2) is 38.5 Å². The van der Waals surface area contributed by atoms with Crippen molar-refractivity contribution < 1.29 is 9.47 Å². The van der Waals surface area contributed by atoms with Crippen molar-refractivity contribution in [3.8, 4) is 0 Å². The van der Waals surface area contributed by atoms with Gasteiger partial charge in [-0.15, -0.1) is 0 Å². The second kappa shape index (κ2) is 6.20. The molecule has 0 aromatic rings. The van der Waals surface area contributed by atoms with E-state index in [1.165, 1.54) is 0 Å². The van der Waals surface area contributed by atoms with Gasteiger partial charge in [-0.05, 0) is 6.42 Å². The van der Waals surface area contributed by atoms with Gasteiger partial charge in [0.2, 0.25) is 5.90 Å². The molecule has 0 N–H and O–H groups in total. The molecule has 0 aromatic heterocycles. The molecule has 1 aliphatic heterocycles. The normalized spacial score (nSPS) is 35.3. The van der Waals surface area contributed by atoms with Crippen molar-refractivity contribution in [2.45, 2.75) is 52.2 Å². The van der Waals surface area contributed by atoms with Crippen molar-refractivity contribution >= 4 is 63.3 Å². The van der Waals surface area contributed by atoms with Crippen LogP contribution in [0.2, 0.25) is 0 Å². The van der Waals surface area contributed by atoms with Crippen LogP contribution in [0.25, 0.3) is 0 Å². The van der Waals surface area contributed by atoms with E-state index >= 15 is 0 Å². The van der Waals surface area contributed by atoms with E-state index in [4.69, 9.17) is 44.3 Å². The van der Waals surface area contributed by atoms with Gasteiger partial charge in [-0.3, -0.25) is 0 Å². The molecule has 0 bridgehead atoms. The molecular formula is C11H15Cl3INO2. The molecule has 7 heteroatoms. The maximum atomic E-state index is 5.86. The van der Waals surface area contributed by atoms with E-state index in [0.29, 0.717) is 0 Å². The van der Waals surface area contributed by atoms with E-state index in [-0.39, 0.29) is 28.1 Å².